The molecular formula is C57H62N6O12S. The molecule has 2 aromatic heterocycles. The number of β-amino-alcohol motifs (C(OH)–C–C–N with tert-alkyl or cyclic N) is 1. The van der Waals surface area contributed by atoms with Crippen LogP contribution in [0.5, 0.6) is 11.6 Å². The number of fused-ring (bicyclic) bond motifs is 1. The van der Waals surface area contributed by atoms with Crippen LogP contribution in [0, 0.1) is 23.0 Å². The zero-order valence-electron chi connectivity index (χ0n) is 42.9. The number of benzene rings is 4. The summed E-state index contributed by atoms with van der Waals surface area (Å²) in [6.45, 7) is 10.6. The highest BCUT2D eigenvalue weighted by Gasteiger charge is 2.43. The van der Waals surface area contributed by atoms with Crippen LogP contribution in [0.15, 0.2) is 125 Å². The summed E-state index contributed by atoms with van der Waals surface area (Å²) in [4.78, 5) is 60.5. The number of ether oxygens (including phenoxy) is 5. The Morgan fingerprint density at radius 2 is 1.57 bits per heavy atom. The topological polar surface area (TPSA) is 218 Å². The van der Waals surface area contributed by atoms with Crippen LogP contribution in [0.3, 0.4) is 0 Å². The third-order valence-electron chi connectivity index (χ3n) is 13.0. The molecule has 2 N–H and O–H groups in total. The van der Waals surface area contributed by atoms with Gasteiger partial charge in [0.05, 0.1) is 85.0 Å². The molecule has 1 saturated heterocycles. The number of nitro groups is 1. The van der Waals surface area contributed by atoms with E-state index in [1.54, 1.807) is 52.7 Å². The molecule has 3 amide bonds. The molecule has 0 aliphatic carbocycles. The largest absolute Gasteiger partial charge is 0.491 e. The minimum Gasteiger partial charge on any atom is -0.491 e. The molecule has 4 heterocycles. The molecule has 19 heteroatoms. The summed E-state index contributed by atoms with van der Waals surface area (Å²) in [7, 11) is 0. The summed E-state index contributed by atoms with van der Waals surface area (Å²) in [5, 5.41) is 28.7. The number of carbonyl (C=O) groups excluding carboxylic acids is 3. The van der Waals surface area contributed by atoms with Crippen LogP contribution >= 0.6 is 11.3 Å². The number of aliphatic hydroxyl groups excluding tert-OH is 1. The minimum atomic E-state index is -0.854. The first-order valence-corrected chi connectivity index (χ1v) is 26.1. The summed E-state index contributed by atoms with van der Waals surface area (Å²) in [6, 6.07) is 29.8. The third kappa shape index (κ3) is 14.0. The predicted octanol–water partition coefficient (Wildman–Crippen LogP) is 8.74. The number of aromatic nitrogens is 2. The van der Waals surface area contributed by atoms with Crippen molar-refractivity contribution in [3.63, 3.8) is 0 Å². The van der Waals surface area contributed by atoms with Crippen molar-refractivity contribution in [3.8, 4) is 22.1 Å². The van der Waals surface area contributed by atoms with Gasteiger partial charge in [0.25, 0.3) is 17.5 Å². The average molecular weight is 1060 g/mol. The monoisotopic (exact) mass is 1050 g/mol. The van der Waals surface area contributed by atoms with Crippen molar-refractivity contribution >= 4 is 52.1 Å². The van der Waals surface area contributed by atoms with Gasteiger partial charge >= 0.3 is 0 Å². The summed E-state index contributed by atoms with van der Waals surface area (Å²) >= 11 is 1.58. The lowest BCUT2D eigenvalue weighted by Crippen LogP contribution is -2.48. The van der Waals surface area contributed by atoms with E-state index in [0.29, 0.717) is 63.3 Å². The van der Waals surface area contributed by atoms with Crippen LogP contribution in [0.2, 0.25) is 0 Å². The number of hydrogen-bond acceptors (Lipinski definition) is 15. The Kier molecular flexibility index (Phi) is 18.9. The summed E-state index contributed by atoms with van der Waals surface area (Å²) < 4.78 is 34.2. The Morgan fingerprint density at radius 1 is 0.895 bits per heavy atom. The molecule has 0 unspecified atom stereocenters. The number of carbonyl (C=O) groups is 3. The van der Waals surface area contributed by atoms with Gasteiger partial charge in [-0.05, 0) is 83.6 Å². The zero-order chi connectivity index (χ0) is 53.6. The summed E-state index contributed by atoms with van der Waals surface area (Å²) in [5.74, 6) is -0.580. The molecule has 1 fully saturated rings. The van der Waals surface area contributed by atoms with Gasteiger partial charge < -0.3 is 48.4 Å². The number of aryl methyl sites for hydroxylation is 1. The quantitative estimate of drug-likeness (QED) is 0.0225. The van der Waals surface area contributed by atoms with Crippen molar-refractivity contribution in [1.82, 2.24) is 20.4 Å². The maximum atomic E-state index is 14.1. The first-order valence-electron chi connectivity index (χ1n) is 25.2. The molecular weight excluding hydrogens is 993 g/mol. The highest BCUT2D eigenvalue weighted by atomic mass is 32.1. The van der Waals surface area contributed by atoms with Crippen LogP contribution in [0.25, 0.3) is 22.1 Å². The number of nitro benzene ring substituents is 1. The molecule has 8 rings (SSSR count). The minimum absolute atomic E-state index is 0.0185. The maximum absolute atomic E-state index is 14.1. The lowest BCUT2D eigenvalue weighted by molar-refractivity contribution is -0.384. The highest BCUT2D eigenvalue weighted by Crippen LogP contribution is 2.38. The molecule has 0 radical (unpaired) electrons. The molecule has 76 heavy (non-hydrogen) atoms. The molecule has 6 aromatic rings. The van der Waals surface area contributed by atoms with E-state index < -0.39 is 23.0 Å². The molecule has 18 nitrogen and oxygen atoms in total. The van der Waals surface area contributed by atoms with E-state index in [0.717, 1.165) is 44.1 Å². The van der Waals surface area contributed by atoms with E-state index in [1.165, 1.54) is 17.0 Å². The van der Waals surface area contributed by atoms with Crippen LogP contribution in [0.4, 0.5) is 11.4 Å². The van der Waals surface area contributed by atoms with Gasteiger partial charge in [0.1, 0.15) is 30.9 Å². The highest BCUT2D eigenvalue weighted by molar-refractivity contribution is 7.13. The van der Waals surface area contributed by atoms with Crippen molar-refractivity contribution in [2.75, 3.05) is 64.3 Å². The predicted molar refractivity (Wildman–Crippen MR) is 287 cm³/mol. The fourth-order valence-electron chi connectivity index (χ4n) is 9.03. The Bertz CT molecular complexity index is 2970. The van der Waals surface area contributed by atoms with Gasteiger partial charge in [0, 0.05) is 42.3 Å². The molecule has 0 saturated carbocycles. The van der Waals surface area contributed by atoms with Gasteiger partial charge in [-0.15, -0.1) is 11.3 Å². The SMILES string of the molecule is Cc1ncsc1-c1ccc([C@H](C)NC(=O)[C@@H]2C[C@@H](O)CN2C(=O)[C@@H](c2cc(OCCOCCOCCOCCOc3ccc(CN4C(=O)/C(=C/C=C/c5ccc([N+](=O)[O-])cc5)c5ccccc54)cc3)no2)C(C)C)cc1. The van der Waals surface area contributed by atoms with Crippen LogP contribution in [0.1, 0.15) is 72.9 Å². The van der Waals surface area contributed by atoms with Crippen LogP contribution in [-0.4, -0.2) is 114 Å². The van der Waals surface area contributed by atoms with Crippen molar-refractivity contribution < 1.29 is 52.6 Å². The van der Waals surface area contributed by atoms with Crippen LogP contribution in [-0.2, 0) is 35.1 Å². The average Bonchev–Trinajstić information content (AvgIpc) is 4.26. The third-order valence-corrected chi connectivity index (χ3v) is 14.0. The van der Waals surface area contributed by atoms with E-state index in [4.69, 9.17) is 28.2 Å². The lowest BCUT2D eigenvalue weighted by atomic mass is 9.91. The number of aliphatic hydroxyl groups is 1. The maximum Gasteiger partial charge on any atom is 0.269 e. The molecule has 0 bridgehead atoms. The van der Waals surface area contributed by atoms with Crippen LogP contribution < -0.4 is 19.7 Å². The fraction of sp³-hybridized carbons (Fsp3) is 0.351. The molecule has 4 atom stereocenters. The van der Waals surface area contributed by atoms with Gasteiger partial charge in [-0.2, -0.15) is 0 Å². The van der Waals surface area contributed by atoms with E-state index in [9.17, 15) is 29.6 Å². The zero-order valence-corrected chi connectivity index (χ0v) is 43.7. The van der Waals surface area contributed by atoms with Gasteiger partial charge in [0.15, 0.2) is 5.76 Å². The van der Waals surface area contributed by atoms with Gasteiger partial charge in [-0.25, -0.2) is 4.98 Å². The second-order valence-electron chi connectivity index (χ2n) is 18.7. The van der Waals surface area contributed by atoms with Crippen molar-refractivity contribution in [2.45, 2.75) is 64.8 Å². The number of para-hydroxylation sites is 1. The number of amides is 3. The van der Waals surface area contributed by atoms with Crippen molar-refractivity contribution in [1.29, 1.82) is 0 Å². The normalized spacial score (nSPS) is 16.7. The Labute approximate surface area is 445 Å². The standard InChI is InChI=1S/C57H62N6O12S/c1-37(2)53(57(67)62-35-45(64)32-50(62)55(65)59-38(3)42-16-18-43(19-17-42)54-39(4)58-36-76-54)51-33-52(60-75-51)74-31-29-72-27-25-70-24-26-71-28-30-73-46-22-14-41(15-23-46)34-61-49-11-6-5-9-47(49)48(56(61)66)10-7-8-40-12-20-44(21-13-40)63(68)69/h5-23,33,36-38,45,50,53,64H,24-32,34-35H2,1-4H3,(H,59,65)/b8-7+,48-10+/t38-,45+,50-,53+/m0/s1. The number of anilines is 1. The summed E-state index contributed by atoms with van der Waals surface area (Å²) in [5.41, 5.74) is 8.71. The molecule has 2 aliphatic rings. The molecule has 2 aliphatic heterocycles. The summed E-state index contributed by atoms with van der Waals surface area (Å²) in [6.07, 6.45) is 4.63. The van der Waals surface area contributed by atoms with Gasteiger partial charge in [-0.3, -0.25) is 24.5 Å². The number of nitrogens with zero attached hydrogens (tertiary/aromatic N) is 5. The smallest absolute Gasteiger partial charge is 0.269 e. The van der Waals surface area contributed by atoms with Gasteiger partial charge in [-0.1, -0.05) is 80.6 Å². The number of likely N-dealkylation sites (tertiary alicyclic amines) is 1. The second kappa shape index (κ2) is 26.3. The number of non-ortho nitro benzene ring substituents is 1. The Balaban J connectivity index is 0.682. The number of thiazole rings is 1. The van der Waals surface area contributed by atoms with Gasteiger partial charge in [0.2, 0.25) is 11.8 Å². The number of hydrogen-bond donors (Lipinski definition) is 2. The van der Waals surface area contributed by atoms with E-state index >= 15 is 0 Å². The second-order valence-corrected chi connectivity index (χ2v) is 19.5. The number of allylic oxidation sites excluding steroid dienone is 2. The van der Waals surface area contributed by atoms with E-state index in [-0.39, 0.29) is 67.4 Å². The molecule has 398 valence electrons. The first-order chi connectivity index (χ1) is 36.8. The molecule has 4 aromatic carbocycles. The number of rotatable bonds is 26. The molecule has 0 spiro atoms. The Hall–Kier alpha value is -7.55. The lowest BCUT2D eigenvalue weighted by Gasteiger charge is -2.29. The fourth-order valence-corrected chi connectivity index (χ4v) is 9.84. The van der Waals surface area contributed by atoms with Crippen molar-refractivity contribution in [2.24, 2.45) is 5.92 Å². The van der Waals surface area contributed by atoms with E-state index in [1.807, 2.05) is 106 Å². The van der Waals surface area contributed by atoms with E-state index in [2.05, 4.69) is 15.5 Å². The number of nitrogens with one attached hydrogen (secondary N) is 1. The Morgan fingerprint density at radius 3 is 2.22 bits per heavy atom. The van der Waals surface area contributed by atoms with Crippen molar-refractivity contribution in [3.05, 3.63) is 165 Å². The first kappa shape index (κ1) is 54.7.